The first-order valence-corrected chi connectivity index (χ1v) is 8.08. The number of carbonyl (C=O) groups excluding carboxylic acids is 2. The third kappa shape index (κ3) is 5.34. The summed E-state index contributed by atoms with van der Waals surface area (Å²) in [5.74, 6) is -0.321. The number of carbonyl (C=O) groups is 2. The van der Waals surface area contributed by atoms with Crippen molar-refractivity contribution in [1.29, 1.82) is 0 Å². The van der Waals surface area contributed by atoms with Crippen LogP contribution in [0.25, 0.3) is 0 Å². The first-order chi connectivity index (χ1) is 11.2. The van der Waals surface area contributed by atoms with Crippen molar-refractivity contribution in [2.45, 2.75) is 17.1 Å². The van der Waals surface area contributed by atoms with E-state index in [0.29, 0.717) is 0 Å². The predicted molar refractivity (Wildman–Crippen MR) is 89.8 cm³/mol. The molecule has 0 saturated heterocycles. The summed E-state index contributed by atoms with van der Waals surface area (Å²) in [5.41, 5.74) is 5.50. The van der Waals surface area contributed by atoms with Crippen LogP contribution in [0.2, 0.25) is 0 Å². The number of amides is 2. The van der Waals surface area contributed by atoms with E-state index in [1.165, 1.54) is 11.8 Å². The summed E-state index contributed by atoms with van der Waals surface area (Å²) in [6, 6.07) is 19.0. The summed E-state index contributed by atoms with van der Waals surface area (Å²) in [4.78, 5) is 24.7. The zero-order valence-corrected chi connectivity index (χ0v) is 13.5. The van der Waals surface area contributed by atoms with Crippen molar-refractivity contribution in [1.82, 2.24) is 10.9 Å². The zero-order valence-electron chi connectivity index (χ0n) is 12.7. The van der Waals surface area contributed by atoms with Crippen LogP contribution in [0.3, 0.4) is 0 Å². The molecule has 2 amide bonds. The quantitative estimate of drug-likeness (QED) is 0.652. The molecule has 0 aliphatic heterocycles. The Morgan fingerprint density at radius 2 is 1.61 bits per heavy atom. The molecule has 1 atom stereocenters. The fourth-order valence-electron chi connectivity index (χ4n) is 1.88. The lowest BCUT2D eigenvalue weighted by molar-refractivity contribution is -0.121. The summed E-state index contributed by atoms with van der Waals surface area (Å²) in [6.07, 6.45) is -0.683. The lowest BCUT2D eigenvalue weighted by Crippen LogP contribution is -2.43. The Labute approximate surface area is 139 Å². The number of ether oxygens (including phenoxy) is 1. The summed E-state index contributed by atoms with van der Waals surface area (Å²) >= 11 is 1.41. The molecular formula is C17H18N2O3S. The van der Waals surface area contributed by atoms with Crippen LogP contribution in [0, 0.1) is 0 Å². The lowest BCUT2D eigenvalue weighted by Gasteiger charge is -2.17. The molecule has 0 aliphatic rings. The van der Waals surface area contributed by atoms with E-state index in [1.54, 1.807) is 6.92 Å². The second-order valence-electron chi connectivity index (χ2n) is 4.56. The average molecular weight is 330 g/mol. The molecule has 2 rings (SSSR count). The van der Waals surface area contributed by atoms with Crippen LogP contribution in [0.1, 0.15) is 17.7 Å². The van der Waals surface area contributed by atoms with Gasteiger partial charge in [-0.05, 0) is 24.6 Å². The van der Waals surface area contributed by atoms with E-state index in [0.717, 1.165) is 10.5 Å². The minimum absolute atomic E-state index is 0.239. The third-order valence-corrected chi connectivity index (χ3v) is 4.17. The van der Waals surface area contributed by atoms with E-state index in [9.17, 15) is 9.59 Å². The van der Waals surface area contributed by atoms with Crippen LogP contribution in [-0.4, -0.2) is 18.6 Å². The highest BCUT2D eigenvalue weighted by Crippen LogP contribution is 2.35. The van der Waals surface area contributed by atoms with Crippen molar-refractivity contribution in [2.24, 2.45) is 0 Å². The van der Waals surface area contributed by atoms with Gasteiger partial charge in [0, 0.05) is 4.90 Å². The standard InChI is InChI=1S/C17H18N2O3S/c1-2-22-17(21)19-18-16(20)15(13-9-5-3-6-10-13)23-14-11-7-4-8-12-14/h3-12,15H,2H2,1H3,(H,18,20)(H,19,21). The van der Waals surface area contributed by atoms with Gasteiger partial charge in [0.05, 0.1) is 6.61 Å². The maximum atomic E-state index is 12.5. The van der Waals surface area contributed by atoms with Crippen molar-refractivity contribution >= 4 is 23.8 Å². The van der Waals surface area contributed by atoms with Crippen molar-refractivity contribution in [3.8, 4) is 0 Å². The van der Waals surface area contributed by atoms with Gasteiger partial charge in [0.25, 0.3) is 5.91 Å². The Balaban J connectivity index is 2.10. The highest BCUT2D eigenvalue weighted by atomic mass is 32.2. The van der Waals surface area contributed by atoms with Crippen LogP contribution in [0.4, 0.5) is 4.79 Å². The van der Waals surface area contributed by atoms with Gasteiger partial charge in [0.2, 0.25) is 0 Å². The largest absolute Gasteiger partial charge is 0.449 e. The van der Waals surface area contributed by atoms with Gasteiger partial charge in [-0.1, -0.05) is 48.5 Å². The SMILES string of the molecule is CCOC(=O)NNC(=O)C(Sc1ccccc1)c1ccccc1. The maximum Gasteiger partial charge on any atom is 0.426 e. The minimum atomic E-state index is -0.683. The molecule has 6 heteroatoms. The van der Waals surface area contributed by atoms with E-state index in [1.807, 2.05) is 60.7 Å². The summed E-state index contributed by atoms with van der Waals surface area (Å²) in [6.45, 7) is 1.93. The van der Waals surface area contributed by atoms with Gasteiger partial charge in [0.15, 0.2) is 0 Å². The number of hydrogen-bond donors (Lipinski definition) is 2. The number of hydrogen-bond acceptors (Lipinski definition) is 4. The van der Waals surface area contributed by atoms with Gasteiger partial charge in [-0.25, -0.2) is 10.2 Å². The molecule has 0 aliphatic carbocycles. The van der Waals surface area contributed by atoms with E-state index in [2.05, 4.69) is 10.9 Å². The maximum absolute atomic E-state index is 12.5. The predicted octanol–water partition coefficient (Wildman–Crippen LogP) is 3.30. The van der Waals surface area contributed by atoms with Gasteiger partial charge in [-0.15, -0.1) is 11.8 Å². The Bertz CT molecular complexity index is 635. The molecule has 0 fully saturated rings. The molecule has 0 heterocycles. The molecule has 0 spiro atoms. The average Bonchev–Trinajstić information content (AvgIpc) is 2.59. The van der Waals surface area contributed by atoms with Crippen LogP contribution in [0.5, 0.6) is 0 Å². The Morgan fingerprint density at radius 1 is 1.00 bits per heavy atom. The Kier molecular flexibility index (Phi) is 6.50. The van der Waals surface area contributed by atoms with E-state index >= 15 is 0 Å². The summed E-state index contributed by atoms with van der Waals surface area (Å²) < 4.78 is 4.72. The van der Waals surface area contributed by atoms with E-state index < -0.39 is 11.3 Å². The molecule has 0 radical (unpaired) electrons. The van der Waals surface area contributed by atoms with Crippen LogP contribution in [0.15, 0.2) is 65.6 Å². The molecule has 5 nitrogen and oxygen atoms in total. The Morgan fingerprint density at radius 3 is 2.22 bits per heavy atom. The van der Waals surface area contributed by atoms with Gasteiger partial charge >= 0.3 is 6.09 Å². The monoisotopic (exact) mass is 330 g/mol. The molecule has 1 unspecified atom stereocenters. The second-order valence-corrected chi connectivity index (χ2v) is 5.73. The molecule has 2 aromatic carbocycles. The topological polar surface area (TPSA) is 67.4 Å². The number of benzene rings is 2. The fraction of sp³-hybridized carbons (Fsp3) is 0.176. The van der Waals surface area contributed by atoms with Gasteiger partial charge < -0.3 is 4.74 Å². The number of nitrogens with one attached hydrogen (secondary N) is 2. The van der Waals surface area contributed by atoms with E-state index in [4.69, 9.17) is 4.74 Å². The zero-order chi connectivity index (χ0) is 16.5. The molecule has 0 bridgehead atoms. The van der Waals surface area contributed by atoms with E-state index in [-0.39, 0.29) is 12.5 Å². The molecule has 2 N–H and O–H groups in total. The van der Waals surface area contributed by atoms with Gasteiger partial charge in [0.1, 0.15) is 5.25 Å². The van der Waals surface area contributed by atoms with Crippen LogP contribution < -0.4 is 10.9 Å². The second kappa shape index (κ2) is 8.85. The van der Waals surface area contributed by atoms with Crippen molar-refractivity contribution in [3.63, 3.8) is 0 Å². The molecular weight excluding hydrogens is 312 g/mol. The Hall–Kier alpha value is -2.47. The summed E-state index contributed by atoms with van der Waals surface area (Å²) in [5, 5.41) is -0.486. The smallest absolute Gasteiger partial charge is 0.426 e. The number of hydrazine groups is 1. The van der Waals surface area contributed by atoms with Crippen molar-refractivity contribution in [2.75, 3.05) is 6.61 Å². The highest BCUT2D eigenvalue weighted by Gasteiger charge is 2.22. The fourth-order valence-corrected chi connectivity index (χ4v) is 2.93. The first kappa shape index (κ1) is 16.9. The third-order valence-electron chi connectivity index (χ3n) is 2.90. The van der Waals surface area contributed by atoms with Gasteiger partial charge in [-0.2, -0.15) is 0 Å². The highest BCUT2D eigenvalue weighted by molar-refractivity contribution is 8.00. The van der Waals surface area contributed by atoms with Crippen molar-refractivity contribution in [3.05, 3.63) is 66.2 Å². The molecule has 0 aromatic heterocycles. The van der Waals surface area contributed by atoms with Gasteiger partial charge in [-0.3, -0.25) is 10.2 Å². The lowest BCUT2D eigenvalue weighted by atomic mass is 10.1. The van der Waals surface area contributed by atoms with Crippen molar-refractivity contribution < 1.29 is 14.3 Å². The molecule has 23 heavy (non-hydrogen) atoms. The minimum Gasteiger partial charge on any atom is -0.449 e. The molecule has 2 aromatic rings. The van der Waals surface area contributed by atoms with Crippen LogP contribution >= 0.6 is 11.8 Å². The molecule has 120 valence electrons. The first-order valence-electron chi connectivity index (χ1n) is 7.20. The molecule has 0 saturated carbocycles. The number of rotatable bonds is 5. The summed E-state index contributed by atoms with van der Waals surface area (Å²) in [7, 11) is 0. The number of thioether (sulfide) groups is 1. The normalized spacial score (nSPS) is 11.3. The van der Waals surface area contributed by atoms with Crippen LogP contribution in [-0.2, 0) is 9.53 Å².